The Morgan fingerprint density at radius 3 is 3.07 bits per heavy atom. The molecule has 1 fully saturated rings. The van der Waals surface area contributed by atoms with Gasteiger partial charge in [-0.25, -0.2) is 0 Å². The number of nitrogens with one attached hydrogen (secondary N) is 1. The van der Waals surface area contributed by atoms with Crippen LogP contribution in [0, 0.1) is 11.3 Å². The van der Waals surface area contributed by atoms with Crippen LogP contribution in [0.2, 0.25) is 5.02 Å². The Morgan fingerprint density at radius 1 is 1.53 bits per heavy atom. The van der Waals surface area contributed by atoms with Crippen LogP contribution in [-0.4, -0.2) is 19.2 Å². The van der Waals surface area contributed by atoms with Crippen molar-refractivity contribution in [2.75, 3.05) is 13.1 Å². The molecule has 0 saturated carbocycles. The molecule has 0 spiro atoms. The fourth-order valence-corrected chi connectivity index (χ4v) is 1.77. The summed E-state index contributed by atoms with van der Waals surface area (Å²) in [5, 5.41) is 12.7. The molecule has 0 aliphatic carbocycles. The van der Waals surface area contributed by atoms with E-state index in [1.165, 1.54) is 0 Å². The van der Waals surface area contributed by atoms with E-state index in [-0.39, 0.29) is 6.10 Å². The number of benzene rings is 1. The molecule has 4 heteroatoms. The van der Waals surface area contributed by atoms with Gasteiger partial charge >= 0.3 is 0 Å². The van der Waals surface area contributed by atoms with Gasteiger partial charge in [-0.2, -0.15) is 5.26 Å². The molecule has 1 atom stereocenters. The first-order valence-corrected chi connectivity index (χ1v) is 5.24. The molecule has 1 unspecified atom stereocenters. The molecule has 1 N–H and O–H groups in total. The largest absolute Gasteiger partial charge is 0.488 e. The Bertz CT molecular complexity index is 394. The molecule has 0 aromatic heterocycles. The normalized spacial score (nSPS) is 19.9. The van der Waals surface area contributed by atoms with E-state index >= 15 is 0 Å². The topological polar surface area (TPSA) is 45.0 Å². The van der Waals surface area contributed by atoms with Crippen LogP contribution in [0.1, 0.15) is 12.0 Å². The summed E-state index contributed by atoms with van der Waals surface area (Å²) in [6.07, 6.45) is 1.14. The number of hydrogen-bond donors (Lipinski definition) is 1. The Hall–Kier alpha value is -1.24. The molecule has 1 aliphatic heterocycles. The Kier molecular flexibility index (Phi) is 3.10. The molecular weight excluding hydrogens is 212 g/mol. The van der Waals surface area contributed by atoms with Gasteiger partial charge < -0.3 is 10.1 Å². The molecule has 3 nitrogen and oxygen atoms in total. The van der Waals surface area contributed by atoms with Crippen LogP contribution >= 0.6 is 11.6 Å². The Labute approximate surface area is 93.6 Å². The third kappa shape index (κ3) is 2.41. The molecule has 1 aromatic carbocycles. The fraction of sp³-hybridized carbons (Fsp3) is 0.364. The standard InChI is InChI=1S/C11H11ClN2O/c12-9-1-2-11(8(5-9)6-13)15-10-3-4-14-7-10/h1-2,5,10,14H,3-4,7H2. The average molecular weight is 223 g/mol. The average Bonchev–Trinajstić information content (AvgIpc) is 2.73. The molecule has 1 aromatic rings. The van der Waals surface area contributed by atoms with E-state index in [9.17, 15) is 0 Å². The van der Waals surface area contributed by atoms with Crippen molar-refractivity contribution in [1.29, 1.82) is 5.26 Å². The summed E-state index contributed by atoms with van der Waals surface area (Å²) >= 11 is 5.79. The number of ether oxygens (including phenoxy) is 1. The molecule has 78 valence electrons. The van der Waals surface area contributed by atoms with Gasteiger partial charge in [0.05, 0.1) is 5.56 Å². The van der Waals surface area contributed by atoms with Crippen molar-refractivity contribution in [3.05, 3.63) is 28.8 Å². The van der Waals surface area contributed by atoms with Crippen LogP contribution in [-0.2, 0) is 0 Å². The zero-order valence-corrected chi connectivity index (χ0v) is 8.92. The van der Waals surface area contributed by atoms with Gasteiger partial charge in [0.15, 0.2) is 0 Å². The maximum absolute atomic E-state index is 8.91. The van der Waals surface area contributed by atoms with Gasteiger partial charge in [-0.1, -0.05) is 11.6 Å². The predicted octanol–water partition coefficient (Wildman–Crippen LogP) is 1.95. The molecule has 1 heterocycles. The number of hydrogen-bond acceptors (Lipinski definition) is 3. The highest BCUT2D eigenvalue weighted by Gasteiger charge is 2.17. The first-order valence-electron chi connectivity index (χ1n) is 4.86. The number of nitrogens with zero attached hydrogens (tertiary/aromatic N) is 1. The maximum Gasteiger partial charge on any atom is 0.137 e. The Balaban J connectivity index is 2.16. The van der Waals surface area contributed by atoms with Crippen molar-refractivity contribution in [2.24, 2.45) is 0 Å². The molecular formula is C11H11ClN2O. The van der Waals surface area contributed by atoms with Gasteiger partial charge in [0.25, 0.3) is 0 Å². The van der Waals surface area contributed by atoms with Gasteiger partial charge in [0.2, 0.25) is 0 Å². The second kappa shape index (κ2) is 4.52. The van der Waals surface area contributed by atoms with Gasteiger partial charge in [-0.3, -0.25) is 0 Å². The van der Waals surface area contributed by atoms with Crippen LogP contribution in [0.5, 0.6) is 5.75 Å². The molecule has 2 rings (SSSR count). The maximum atomic E-state index is 8.91. The summed E-state index contributed by atoms with van der Waals surface area (Å²) in [5.74, 6) is 0.621. The molecule has 0 amide bonds. The lowest BCUT2D eigenvalue weighted by Crippen LogP contribution is -2.19. The first-order chi connectivity index (χ1) is 7.29. The smallest absolute Gasteiger partial charge is 0.137 e. The minimum absolute atomic E-state index is 0.165. The molecule has 0 radical (unpaired) electrons. The monoisotopic (exact) mass is 222 g/mol. The summed E-state index contributed by atoms with van der Waals surface area (Å²) in [5.41, 5.74) is 0.495. The minimum Gasteiger partial charge on any atom is -0.488 e. The van der Waals surface area contributed by atoms with Gasteiger partial charge in [0, 0.05) is 11.6 Å². The lowest BCUT2D eigenvalue weighted by Gasteiger charge is -2.13. The minimum atomic E-state index is 0.165. The van der Waals surface area contributed by atoms with E-state index in [4.69, 9.17) is 21.6 Å². The lowest BCUT2D eigenvalue weighted by molar-refractivity contribution is 0.222. The van der Waals surface area contributed by atoms with Crippen molar-refractivity contribution in [3.63, 3.8) is 0 Å². The van der Waals surface area contributed by atoms with E-state index < -0.39 is 0 Å². The quantitative estimate of drug-likeness (QED) is 0.832. The second-order valence-electron chi connectivity index (χ2n) is 3.48. The number of rotatable bonds is 2. The first kappa shape index (κ1) is 10.3. The highest BCUT2D eigenvalue weighted by molar-refractivity contribution is 6.30. The van der Waals surface area contributed by atoms with Crippen molar-refractivity contribution < 1.29 is 4.74 Å². The van der Waals surface area contributed by atoms with E-state index in [0.717, 1.165) is 19.5 Å². The van der Waals surface area contributed by atoms with Crippen LogP contribution in [0.15, 0.2) is 18.2 Å². The van der Waals surface area contributed by atoms with E-state index in [1.807, 2.05) is 0 Å². The van der Waals surface area contributed by atoms with E-state index in [1.54, 1.807) is 18.2 Å². The Morgan fingerprint density at radius 2 is 2.40 bits per heavy atom. The highest BCUT2D eigenvalue weighted by atomic mass is 35.5. The molecule has 0 bridgehead atoms. The second-order valence-corrected chi connectivity index (χ2v) is 3.92. The van der Waals surface area contributed by atoms with Crippen molar-refractivity contribution in [3.8, 4) is 11.8 Å². The summed E-state index contributed by atoms with van der Waals surface area (Å²) in [6.45, 7) is 1.81. The lowest BCUT2D eigenvalue weighted by atomic mass is 10.2. The van der Waals surface area contributed by atoms with E-state index in [2.05, 4.69) is 11.4 Å². The number of nitriles is 1. The van der Waals surface area contributed by atoms with Gasteiger partial charge in [-0.15, -0.1) is 0 Å². The van der Waals surface area contributed by atoms with Gasteiger partial charge in [-0.05, 0) is 31.2 Å². The van der Waals surface area contributed by atoms with Crippen molar-refractivity contribution >= 4 is 11.6 Å². The molecule has 15 heavy (non-hydrogen) atoms. The third-order valence-electron chi connectivity index (χ3n) is 2.37. The van der Waals surface area contributed by atoms with E-state index in [0.29, 0.717) is 16.3 Å². The summed E-state index contributed by atoms with van der Waals surface area (Å²) in [4.78, 5) is 0. The van der Waals surface area contributed by atoms with Crippen LogP contribution in [0.25, 0.3) is 0 Å². The van der Waals surface area contributed by atoms with Gasteiger partial charge in [0.1, 0.15) is 17.9 Å². The summed E-state index contributed by atoms with van der Waals surface area (Å²) in [7, 11) is 0. The van der Waals surface area contributed by atoms with Crippen LogP contribution in [0.3, 0.4) is 0 Å². The SMILES string of the molecule is N#Cc1cc(Cl)ccc1OC1CCNC1. The van der Waals surface area contributed by atoms with Crippen molar-refractivity contribution in [2.45, 2.75) is 12.5 Å². The zero-order valence-electron chi connectivity index (χ0n) is 8.16. The molecule has 1 saturated heterocycles. The van der Waals surface area contributed by atoms with Crippen LogP contribution in [0.4, 0.5) is 0 Å². The third-order valence-corrected chi connectivity index (χ3v) is 2.61. The zero-order chi connectivity index (χ0) is 10.7. The molecule has 1 aliphatic rings. The predicted molar refractivity (Wildman–Crippen MR) is 58.1 cm³/mol. The highest BCUT2D eigenvalue weighted by Crippen LogP contribution is 2.23. The fourth-order valence-electron chi connectivity index (χ4n) is 1.60. The van der Waals surface area contributed by atoms with Crippen LogP contribution < -0.4 is 10.1 Å². The van der Waals surface area contributed by atoms with Crippen molar-refractivity contribution in [1.82, 2.24) is 5.32 Å². The summed E-state index contributed by atoms with van der Waals surface area (Å²) < 4.78 is 5.71. The summed E-state index contributed by atoms with van der Waals surface area (Å²) in [6, 6.07) is 7.19. The number of halogens is 1.